The maximum atomic E-state index is 12.6. The summed E-state index contributed by atoms with van der Waals surface area (Å²) in [6.45, 7) is 1.79. The van der Waals surface area contributed by atoms with Crippen molar-refractivity contribution in [3.05, 3.63) is 89.5 Å². The Kier molecular flexibility index (Phi) is 7.58. The molecule has 0 saturated carbocycles. The molecule has 0 radical (unpaired) electrons. The molecule has 0 bridgehead atoms. The molecule has 188 valence electrons. The molecule has 2 N–H and O–H groups in total. The van der Waals surface area contributed by atoms with E-state index in [-0.39, 0.29) is 25.3 Å². The first-order valence-electron chi connectivity index (χ1n) is 11.5. The summed E-state index contributed by atoms with van der Waals surface area (Å²) in [4.78, 5) is 62.4. The minimum absolute atomic E-state index is 0.0511. The minimum atomic E-state index is -0.831. The van der Waals surface area contributed by atoms with Crippen molar-refractivity contribution >= 4 is 41.2 Å². The van der Waals surface area contributed by atoms with Crippen LogP contribution in [0.4, 0.5) is 16.2 Å². The average Bonchev–Trinajstić information content (AvgIpc) is 3.13. The van der Waals surface area contributed by atoms with Crippen LogP contribution in [0.5, 0.6) is 5.75 Å². The zero-order chi connectivity index (χ0) is 26.4. The van der Waals surface area contributed by atoms with Crippen LogP contribution in [0.3, 0.4) is 0 Å². The lowest BCUT2D eigenvalue weighted by Crippen LogP contribution is -2.32. The first-order valence-corrected chi connectivity index (χ1v) is 11.5. The van der Waals surface area contributed by atoms with Crippen LogP contribution in [0.25, 0.3) is 0 Å². The topological polar surface area (TPSA) is 131 Å². The van der Waals surface area contributed by atoms with Crippen molar-refractivity contribution in [3.8, 4) is 5.75 Å². The van der Waals surface area contributed by atoms with Gasteiger partial charge in [0.15, 0.2) is 0 Å². The number of benzene rings is 3. The van der Waals surface area contributed by atoms with Crippen LogP contribution in [-0.2, 0) is 9.53 Å². The highest BCUT2D eigenvalue weighted by Gasteiger charge is 2.34. The number of imide groups is 1. The Bertz CT molecular complexity index is 1330. The third-order valence-electron chi connectivity index (χ3n) is 5.42. The third-order valence-corrected chi connectivity index (χ3v) is 5.42. The van der Waals surface area contributed by atoms with Gasteiger partial charge in [0.1, 0.15) is 5.75 Å². The van der Waals surface area contributed by atoms with Crippen molar-refractivity contribution in [2.24, 2.45) is 0 Å². The smallest absolute Gasteiger partial charge is 0.434 e. The molecule has 4 amide bonds. The van der Waals surface area contributed by atoms with Crippen LogP contribution in [0.15, 0.2) is 72.8 Å². The summed E-state index contributed by atoms with van der Waals surface area (Å²) in [6.07, 6.45) is -0.912. The highest BCUT2D eigenvalue weighted by Crippen LogP contribution is 2.23. The van der Waals surface area contributed by atoms with Crippen LogP contribution >= 0.6 is 0 Å². The Morgan fingerprint density at radius 2 is 1.43 bits per heavy atom. The number of ether oxygens (including phenoxy) is 2. The van der Waals surface area contributed by atoms with Crippen molar-refractivity contribution in [3.63, 3.8) is 0 Å². The summed E-state index contributed by atoms with van der Waals surface area (Å²) in [5.74, 6) is -1.40. The van der Waals surface area contributed by atoms with E-state index in [0.717, 1.165) is 4.90 Å². The molecule has 0 unspecified atom stereocenters. The third kappa shape index (κ3) is 5.99. The van der Waals surface area contributed by atoms with Crippen molar-refractivity contribution < 1.29 is 33.4 Å². The van der Waals surface area contributed by atoms with E-state index in [1.54, 1.807) is 55.5 Å². The van der Waals surface area contributed by atoms with Crippen LogP contribution in [0.1, 0.15) is 44.4 Å². The van der Waals surface area contributed by atoms with E-state index in [2.05, 4.69) is 10.6 Å². The molecule has 0 saturated heterocycles. The van der Waals surface area contributed by atoms with E-state index in [9.17, 15) is 24.0 Å². The number of amides is 4. The van der Waals surface area contributed by atoms with Crippen molar-refractivity contribution in [2.45, 2.75) is 13.3 Å². The summed E-state index contributed by atoms with van der Waals surface area (Å²) >= 11 is 0. The highest BCUT2D eigenvalue weighted by molar-refractivity contribution is 6.21. The Balaban J connectivity index is 1.30. The lowest BCUT2D eigenvalue weighted by molar-refractivity contribution is -0.116. The van der Waals surface area contributed by atoms with Gasteiger partial charge in [0.05, 0.1) is 17.7 Å². The van der Waals surface area contributed by atoms with Crippen molar-refractivity contribution in [1.29, 1.82) is 0 Å². The second-order valence-corrected chi connectivity index (χ2v) is 7.95. The van der Waals surface area contributed by atoms with Gasteiger partial charge in [-0.25, -0.2) is 4.79 Å². The van der Waals surface area contributed by atoms with Crippen LogP contribution < -0.4 is 15.4 Å². The Morgan fingerprint density at radius 3 is 2.05 bits per heavy atom. The number of nitrogens with one attached hydrogen (secondary N) is 2. The number of hydrogen-bond acceptors (Lipinski definition) is 7. The summed E-state index contributed by atoms with van der Waals surface area (Å²) in [5, 5.41) is 5.44. The Hall–Kier alpha value is -4.99. The van der Waals surface area contributed by atoms with Gasteiger partial charge >= 0.3 is 6.16 Å². The fourth-order valence-electron chi connectivity index (χ4n) is 3.67. The fourth-order valence-corrected chi connectivity index (χ4v) is 3.67. The molecule has 0 fully saturated rings. The fraction of sp³-hybridized carbons (Fsp3) is 0.148. The van der Waals surface area contributed by atoms with Crippen LogP contribution in [0, 0.1) is 0 Å². The van der Waals surface area contributed by atoms with Gasteiger partial charge in [-0.3, -0.25) is 24.1 Å². The number of anilines is 2. The molecule has 0 spiro atoms. The number of carbonyl (C=O) groups excluding carboxylic acids is 5. The maximum absolute atomic E-state index is 12.6. The molecule has 0 aromatic heterocycles. The molecule has 4 rings (SSSR count). The summed E-state index contributed by atoms with van der Waals surface area (Å²) < 4.78 is 9.67. The standard InChI is InChI=1S/C27H23N3O7/c1-2-36-27(35)37-20-12-10-17(11-13-20)24(32)29-19-7-5-6-18(16-19)28-23(31)14-15-30-25(33)21-8-3-4-9-22(21)26(30)34/h3-13,16H,2,14-15H2,1H3,(H,28,31)(H,29,32). The minimum Gasteiger partial charge on any atom is -0.434 e. The molecule has 1 aliphatic heterocycles. The van der Waals surface area contributed by atoms with Gasteiger partial charge in [0, 0.05) is 29.9 Å². The van der Waals surface area contributed by atoms with Gasteiger partial charge in [-0.2, -0.15) is 0 Å². The van der Waals surface area contributed by atoms with Gasteiger partial charge < -0.3 is 20.1 Å². The number of nitrogens with zero attached hydrogens (tertiary/aromatic N) is 1. The van der Waals surface area contributed by atoms with Crippen LogP contribution in [0.2, 0.25) is 0 Å². The summed E-state index contributed by atoms with van der Waals surface area (Å²) in [5.41, 5.74) is 1.86. The number of hydrogen-bond donors (Lipinski definition) is 2. The highest BCUT2D eigenvalue weighted by atomic mass is 16.7. The quantitative estimate of drug-likeness (QED) is 0.270. The second-order valence-electron chi connectivity index (χ2n) is 7.95. The molecule has 0 atom stereocenters. The second kappa shape index (κ2) is 11.2. The Labute approximate surface area is 212 Å². The molecule has 3 aromatic rings. The predicted molar refractivity (Wildman–Crippen MR) is 134 cm³/mol. The number of carbonyl (C=O) groups is 5. The number of rotatable bonds is 8. The molecule has 1 heterocycles. The summed E-state index contributed by atoms with van der Waals surface area (Å²) in [6, 6.07) is 19.0. The van der Waals surface area contributed by atoms with Crippen molar-refractivity contribution in [2.75, 3.05) is 23.8 Å². The number of fused-ring (bicyclic) bond motifs is 1. The Morgan fingerprint density at radius 1 is 0.811 bits per heavy atom. The van der Waals surface area contributed by atoms with E-state index in [1.165, 1.54) is 24.3 Å². The van der Waals surface area contributed by atoms with E-state index in [1.807, 2.05) is 0 Å². The first kappa shape index (κ1) is 25.1. The SMILES string of the molecule is CCOC(=O)Oc1ccc(C(=O)Nc2cccc(NC(=O)CCN3C(=O)c4ccccc4C3=O)c2)cc1. The van der Waals surface area contributed by atoms with Gasteiger partial charge in [-0.05, 0) is 61.5 Å². The van der Waals surface area contributed by atoms with E-state index >= 15 is 0 Å². The largest absolute Gasteiger partial charge is 0.513 e. The zero-order valence-corrected chi connectivity index (χ0v) is 19.9. The van der Waals surface area contributed by atoms with Gasteiger partial charge in [0.25, 0.3) is 17.7 Å². The van der Waals surface area contributed by atoms with Crippen LogP contribution in [-0.4, -0.2) is 47.8 Å². The molecule has 3 aromatic carbocycles. The molecule has 37 heavy (non-hydrogen) atoms. The monoisotopic (exact) mass is 501 g/mol. The zero-order valence-electron chi connectivity index (χ0n) is 19.9. The molecular weight excluding hydrogens is 478 g/mol. The summed E-state index contributed by atoms with van der Waals surface area (Å²) in [7, 11) is 0. The first-order chi connectivity index (χ1) is 17.9. The lowest BCUT2D eigenvalue weighted by atomic mass is 10.1. The van der Waals surface area contributed by atoms with Crippen molar-refractivity contribution in [1.82, 2.24) is 4.90 Å². The van der Waals surface area contributed by atoms with Gasteiger partial charge in [0.2, 0.25) is 5.91 Å². The average molecular weight is 501 g/mol. The predicted octanol–water partition coefficient (Wildman–Crippen LogP) is 4.10. The molecule has 10 heteroatoms. The van der Waals surface area contributed by atoms with E-state index < -0.39 is 29.8 Å². The van der Waals surface area contributed by atoms with Gasteiger partial charge in [-0.15, -0.1) is 0 Å². The van der Waals surface area contributed by atoms with E-state index in [0.29, 0.717) is 28.1 Å². The normalized spacial score (nSPS) is 12.1. The van der Waals surface area contributed by atoms with Gasteiger partial charge in [-0.1, -0.05) is 18.2 Å². The lowest BCUT2D eigenvalue weighted by Gasteiger charge is -2.14. The molecule has 1 aliphatic rings. The molecule has 10 nitrogen and oxygen atoms in total. The maximum Gasteiger partial charge on any atom is 0.513 e. The molecular formula is C27H23N3O7. The molecule has 0 aliphatic carbocycles. The van der Waals surface area contributed by atoms with E-state index in [4.69, 9.17) is 9.47 Å².